The maximum atomic E-state index is 7.02. The number of aromatic nitrogens is 4. The smallest absolute Gasteiger partial charge is 0.164 e. The predicted octanol–water partition coefficient (Wildman–Crippen LogP) is 17.4. The van der Waals surface area contributed by atoms with Gasteiger partial charge in [-0.15, -0.1) is 0 Å². The molecule has 4 heterocycles. The second-order valence-corrected chi connectivity index (χ2v) is 18.3. The quantitative estimate of drug-likeness (QED) is 0.166. The molecule has 4 aromatic heterocycles. The highest BCUT2D eigenvalue weighted by Gasteiger charge is 2.24. The molecule has 0 fully saturated rings. The average Bonchev–Trinajstić information content (AvgIpc) is 4.11. The molecule has 0 aliphatic rings. The van der Waals surface area contributed by atoms with Crippen LogP contribution in [0.1, 0.15) is 0 Å². The molecule has 6 heteroatoms. The molecule has 0 N–H and O–H groups in total. The third-order valence-electron chi connectivity index (χ3n) is 14.2. The summed E-state index contributed by atoms with van der Waals surface area (Å²) in [4.78, 5) is 15.7. The standard InChI is InChI=1S/C65H38N4O2/c1-3-14-39(15-4-1)40-26-28-42(29-27-40)51-37-54-60(38-56(51)69-55-36-45-20-8-7-19-44(45)34-52(55)49-32-30-41-16-9-10-21-47(41)62(49)69)71-59-25-13-23-50(61(54)59)65-67-63(43-17-5-2-6-18-43)66-64(68-65)46-31-33-58-53(35-46)48-22-11-12-24-57(48)70-58/h1-38H. The van der Waals surface area contributed by atoms with Gasteiger partial charge in [-0.25, -0.2) is 15.0 Å². The monoisotopic (exact) mass is 906 g/mol. The molecule has 0 aliphatic heterocycles. The summed E-state index contributed by atoms with van der Waals surface area (Å²) in [5.74, 6) is 1.71. The summed E-state index contributed by atoms with van der Waals surface area (Å²) in [6.07, 6.45) is 0. The van der Waals surface area contributed by atoms with Crippen LogP contribution in [0.2, 0.25) is 0 Å². The maximum absolute atomic E-state index is 7.02. The fraction of sp³-hybridized carbons (Fsp3) is 0. The van der Waals surface area contributed by atoms with Gasteiger partial charge in [0.2, 0.25) is 0 Å². The number of hydrogen-bond acceptors (Lipinski definition) is 5. The lowest BCUT2D eigenvalue weighted by atomic mass is 9.96. The van der Waals surface area contributed by atoms with Crippen molar-refractivity contribution in [3.63, 3.8) is 0 Å². The SMILES string of the molecule is c1ccc(-c2ccc(-c3cc4c(cc3-n3c5cc6ccccc6cc5c5ccc6ccccc6c53)oc3cccc(-c5nc(-c6ccccc6)nc(-c6ccc7oc8ccccc8c7c6)n5)c34)cc2)cc1. The Hall–Kier alpha value is -9.65. The molecule has 15 aromatic rings. The number of furan rings is 2. The zero-order valence-corrected chi connectivity index (χ0v) is 38.0. The van der Waals surface area contributed by atoms with Crippen molar-refractivity contribution in [2.24, 2.45) is 0 Å². The molecule has 0 amide bonds. The minimum atomic E-state index is 0.554. The van der Waals surface area contributed by atoms with Crippen molar-refractivity contribution in [2.75, 3.05) is 0 Å². The molecule has 0 bridgehead atoms. The van der Waals surface area contributed by atoms with E-state index in [1.165, 1.54) is 37.9 Å². The van der Waals surface area contributed by atoms with E-state index in [1.54, 1.807) is 0 Å². The van der Waals surface area contributed by atoms with Gasteiger partial charge in [0.25, 0.3) is 0 Å². The van der Waals surface area contributed by atoms with Gasteiger partial charge in [-0.05, 0) is 81.4 Å². The van der Waals surface area contributed by atoms with Crippen LogP contribution in [0, 0.1) is 0 Å². The third-order valence-corrected chi connectivity index (χ3v) is 14.2. The van der Waals surface area contributed by atoms with Crippen molar-refractivity contribution in [2.45, 2.75) is 0 Å². The van der Waals surface area contributed by atoms with E-state index in [-0.39, 0.29) is 0 Å². The Morgan fingerprint density at radius 1 is 0.296 bits per heavy atom. The van der Waals surface area contributed by atoms with Gasteiger partial charge in [-0.1, -0.05) is 176 Å². The van der Waals surface area contributed by atoms with Crippen LogP contribution in [0.4, 0.5) is 0 Å². The van der Waals surface area contributed by atoms with Gasteiger partial charge >= 0.3 is 0 Å². The highest BCUT2D eigenvalue weighted by molar-refractivity contribution is 6.22. The number of hydrogen-bond donors (Lipinski definition) is 0. The lowest BCUT2D eigenvalue weighted by Crippen LogP contribution is -2.00. The van der Waals surface area contributed by atoms with E-state index in [0.29, 0.717) is 17.5 Å². The summed E-state index contributed by atoms with van der Waals surface area (Å²) >= 11 is 0. The molecular formula is C65H38N4O2. The molecule has 15 rings (SSSR count). The molecule has 6 nitrogen and oxygen atoms in total. The maximum Gasteiger partial charge on any atom is 0.164 e. The predicted molar refractivity (Wildman–Crippen MR) is 291 cm³/mol. The number of benzene rings is 11. The highest BCUT2D eigenvalue weighted by atomic mass is 16.3. The van der Waals surface area contributed by atoms with Gasteiger partial charge in [0.05, 0.1) is 16.7 Å². The molecule has 0 saturated carbocycles. The van der Waals surface area contributed by atoms with E-state index >= 15 is 0 Å². The van der Waals surface area contributed by atoms with Crippen LogP contribution in [0.15, 0.2) is 239 Å². The molecule has 0 radical (unpaired) electrons. The summed E-state index contributed by atoms with van der Waals surface area (Å²) in [5.41, 5.74) is 13.6. The van der Waals surface area contributed by atoms with E-state index < -0.39 is 0 Å². The number of fused-ring (bicyclic) bond motifs is 12. The lowest BCUT2D eigenvalue weighted by Gasteiger charge is -2.16. The first kappa shape index (κ1) is 39.4. The summed E-state index contributed by atoms with van der Waals surface area (Å²) in [5, 5.41) is 11.1. The van der Waals surface area contributed by atoms with E-state index in [0.717, 1.165) is 94.0 Å². The zero-order valence-electron chi connectivity index (χ0n) is 38.0. The van der Waals surface area contributed by atoms with Crippen LogP contribution in [-0.2, 0) is 0 Å². The van der Waals surface area contributed by atoms with Gasteiger partial charge in [0.1, 0.15) is 22.3 Å². The third kappa shape index (κ3) is 6.25. The largest absolute Gasteiger partial charge is 0.456 e. The van der Waals surface area contributed by atoms with Crippen LogP contribution in [0.3, 0.4) is 0 Å². The van der Waals surface area contributed by atoms with Crippen LogP contribution in [0.25, 0.3) is 149 Å². The second kappa shape index (κ2) is 15.4. The summed E-state index contributed by atoms with van der Waals surface area (Å²) in [6.45, 7) is 0. The Labute approximate surface area is 406 Å². The summed E-state index contributed by atoms with van der Waals surface area (Å²) in [6, 6.07) is 81.2. The molecule has 0 aliphatic carbocycles. The second-order valence-electron chi connectivity index (χ2n) is 18.3. The first-order valence-corrected chi connectivity index (χ1v) is 23.9. The summed E-state index contributed by atoms with van der Waals surface area (Å²) in [7, 11) is 0. The molecule has 0 saturated heterocycles. The van der Waals surface area contributed by atoms with Gasteiger partial charge in [0.15, 0.2) is 17.5 Å². The van der Waals surface area contributed by atoms with Crippen LogP contribution < -0.4 is 0 Å². The number of rotatable bonds is 6. The molecular weight excluding hydrogens is 869 g/mol. The van der Waals surface area contributed by atoms with Crippen molar-refractivity contribution in [1.29, 1.82) is 0 Å². The van der Waals surface area contributed by atoms with E-state index in [4.69, 9.17) is 23.8 Å². The van der Waals surface area contributed by atoms with E-state index in [9.17, 15) is 0 Å². The van der Waals surface area contributed by atoms with Crippen LogP contribution >= 0.6 is 0 Å². The van der Waals surface area contributed by atoms with Gasteiger partial charge in [0, 0.05) is 66.0 Å². The Morgan fingerprint density at radius 2 is 0.901 bits per heavy atom. The minimum absolute atomic E-state index is 0.554. The van der Waals surface area contributed by atoms with Crippen molar-refractivity contribution in [3.8, 4) is 62.1 Å². The fourth-order valence-corrected chi connectivity index (χ4v) is 10.9. The topological polar surface area (TPSA) is 69.9 Å². The number of nitrogens with zero attached hydrogens (tertiary/aromatic N) is 4. The van der Waals surface area contributed by atoms with Crippen LogP contribution in [-0.4, -0.2) is 19.5 Å². The van der Waals surface area contributed by atoms with Gasteiger partial charge in [-0.2, -0.15) is 0 Å². The van der Waals surface area contributed by atoms with E-state index in [2.05, 4.69) is 162 Å². The van der Waals surface area contributed by atoms with Crippen LogP contribution in [0.5, 0.6) is 0 Å². The number of para-hydroxylation sites is 1. The van der Waals surface area contributed by atoms with Crippen molar-refractivity contribution >= 4 is 87.2 Å². The zero-order chi connectivity index (χ0) is 46.6. The van der Waals surface area contributed by atoms with Crippen molar-refractivity contribution in [1.82, 2.24) is 19.5 Å². The van der Waals surface area contributed by atoms with Gasteiger partial charge < -0.3 is 13.4 Å². The highest BCUT2D eigenvalue weighted by Crippen LogP contribution is 2.45. The summed E-state index contributed by atoms with van der Waals surface area (Å²) < 4.78 is 15.7. The molecule has 0 spiro atoms. The Balaban J connectivity index is 1.01. The normalized spacial score (nSPS) is 11.9. The first-order chi connectivity index (χ1) is 35.2. The average molecular weight is 907 g/mol. The molecule has 71 heavy (non-hydrogen) atoms. The molecule has 0 atom stereocenters. The Bertz CT molecular complexity index is 4630. The van der Waals surface area contributed by atoms with E-state index in [1.807, 2.05) is 72.8 Å². The van der Waals surface area contributed by atoms with Gasteiger partial charge in [-0.3, -0.25) is 0 Å². The molecule has 330 valence electrons. The fourth-order valence-electron chi connectivity index (χ4n) is 10.9. The minimum Gasteiger partial charge on any atom is -0.456 e. The Morgan fingerprint density at radius 3 is 1.72 bits per heavy atom. The van der Waals surface area contributed by atoms with Crippen molar-refractivity contribution in [3.05, 3.63) is 231 Å². The molecule has 11 aromatic carbocycles. The Kier molecular flexibility index (Phi) is 8.56. The molecule has 0 unspecified atom stereocenters. The lowest BCUT2D eigenvalue weighted by molar-refractivity contribution is 0.668. The first-order valence-electron chi connectivity index (χ1n) is 23.9. The van der Waals surface area contributed by atoms with Crippen molar-refractivity contribution < 1.29 is 8.83 Å².